The van der Waals surface area contributed by atoms with Crippen molar-refractivity contribution in [3.8, 4) is 0 Å². The smallest absolute Gasteiger partial charge is 0.271 e. The lowest BCUT2D eigenvalue weighted by Crippen LogP contribution is -2.61. The van der Waals surface area contributed by atoms with Crippen molar-refractivity contribution in [1.29, 1.82) is 0 Å². The van der Waals surface area contributed by atoms with Crippen molar-refractivity contribution in [3.05, 3.63) is 41.6 Å². The van der Waals surface area contributed by atoms with Crippen LogP contribution in [0.1, 0.15) is 73.2 Å². The molecule has 31 heavy (non-hydrogen) atoms. The molecule has 1 aliphatic heterocycles. The fraction of sp³-hybridized carbons (Fsp3) is 0.565. The molecule has 2 aromatic heterocycles. The van der Waals surface area contributed by atoms with Crippen LogP contribution in [0.15, 0.2) is 24.5 Å². The standard InChI is InChI=1S/C23H30N6OS/c1-16-21(29-12-10-23(29)8-3-2-4-9-23)25-15-20(27-16)22(30)26-14-18-13-17(7-11-24-18)28-31-19-5-6-19/h7,11,13,15,19H,2-6,8-10,12,14H2,1H3,(H,24,28)(H,26,30). The van der Waals surface area contributed by atoms with E-state index in [2.05, 4.69) is 29.9 Å². The Kier molecular flexibility index (Phi) is 5.73. The van der Waals surface area contributed by atoms with Gasteiger partial charge in [0.25, 0.3) is 5.91 Å². The van der Waals surface area contributed by atoms with Gasteiger partial charge in [-0.25, -0.2) is 9.97 Å². The third-order valence-corrected chi connectivity index (χ3v) is 7.84. The number of anilines is 2. The van der Waals surface area contributed by atoms with Crippen LogP contribution in [0.3, 0.4) is 0 Å². The second kappa shape index (κ2) is 8.65. The average molecular weight is 439 g/mol. The molecule has 1 spiro atoms. The van der Waals surface area contributed by atoms with Crippen LogP contribution < -0.4 is 14.9 Å². The zero-order valence-corrected chi connectivity index (χ0v) is 18.9. The Bertz CT molecular complexity index is 957. The van der Waals surface area contributed by atoms with Crippen molar-refractivity contribution in [2.24, 2.45) is 0 Å². The summed E-state index contributed by atoms with van der Waals surface area (Å²) in [6.07, 6.45) is 13.6. The predicted octanol–water partition coefficient (Wildman–Crippen LogP) is 4.25. The monoisotopic (exact) mass is 438 g/mol. The Morgan fingerprint density at radius 3 is 2.77 bits per heavy atom. The highest BCUT2D eigenvalue weighted by Crippen LogP contribution is 2.45. The molecule has 2 aromatic rings. The molecule has 3 fully saturated rings. The lowest BCUT2D eigenvalue weighted by molar-refractivity contribution is 0.0944. The minimum atomic E-state index is -0.217. The number of amides is 1. The van der Waals surface area contributed by atoms with Gasteiger partial charge in [0.1, 0.15) is 5.69 Å². The first kappa shape index (κ1) is 20.5. The molecule has 1 saturated heterocycles. The highest BCUT2D eigenvalue weighted by molar-refractivity contribution is 8.01. The van der Waals surface area contributed by atoms with Gasteiger partial charge < -0.3 is 14.9 Å². The molecule has 0 aromatic carbocycles. The van der Waals surface area contributed by atoms with E-state index in [4.69, 9.17) is 0 Å². The molecule has 0 bridgehead atoms. The number of carbonyl (C=O) groups is 1. The van der Waals surface area contributed by atoms with E-state index >= 15 is 0 Å². The van der Waals surface area contributed by atoms with E-state index in [0.29, 0.717) is 12.2 Å². The summed E-state index contributed by atoms with van der Waals surface area (Å²) < 4.78 is 3.36. The molecule has 0 unspecified atom stereocenters. The fourth-order valence-corrected chi connectivity index (χ4v) is 5.49. The molecule has 0 radical (unpaired) electrons. The van der Waals surface area contributed by atoms with Gasteiger partial charge in [0.05, 0.1) is 24.1 Å². The van der Waals surface area contributed by atoms with Crippen molar-refractivity contribution in [2.45, 2.75) is 75.6 Å². The maximum Gasteiger partial charge on any atom is 0.271 e. The molecule has 7 nitrogen and oxygen atoms in total. The van der Waals surface area contributed by atoms with Gasteiger partial charge in [-0.2, -0.15) is 0 Å². The summed E-state index contributed by atoms with van der Waals surface area (Å²) in [6.45, 7) is 3.36. The summed E-state index contributed by atoms with van der Waals surface area (Å²) in [6, 6.07) is 3.92. The molecule has 8 heteroatoms. The number of hydrogen-bond acceptors (Lipinski definition) is 7. The Balaban J connectivity index is 1.20. The summed E-state index contributed by atoms with van der Waals surface area (Å²) in [5.74, 6) is 0.726. The van der Waals surface area contributed by atoms with Gasteiger partial charge in [-0.05, 0) is 63.1 Å². The Morgan fingerprint density at radius 1 is 1.23 bits per heavy atom. The predicted molar refractivity (Wildman–Crippen MR) is 124 cm³/mol. The van der Waals surface area contributed by atoms with E-state index in [1.54, 1.807) is 24.3 Å². The average Bonchev–Trinajstić information content (AvgIpc) is 3.62. The lowest BCUT2D eigenvalue weighted by atomic mass is 9.72. The number of nitrogens with one attached hydrogen (secondary N) is 2. The quantitative estimate of drug-likeness (QED) is 0.626. The van der Waals surface area contributed by atoms with E-state index in [-0.39, 0.29) is 11.4 Å². The number of pyridine rings is 1. The molecule has 2 saturated carbocycles. The van der Waals surface area contributed by atoms with E-state index in [1.165, 1.54) is 51.4 Å². The van der Waals surface area contributed by atoms with Crippen molar-refractivity contribution in [3.63, 3.8) is 0 Å². The highest BCUT2D eigenvalue weighted by atomic mass is 32.2. The van der Waals surface area contributed by atoms with Crippen LogP contribution in [0.4, 0.5) is 11.5 Å². The molecule has 2 N–H and O–H groups in total. The first-order valence-corrected chi connectivity index (χ1v) is 12.3. The van der Waals surface area contributed by atoms with E-state index < -0.39 is 0 Å². The summed E-state index contributed by atoms with van der Waals surface area (Å²) in [4.78, 5) is 28.7. The Labute approximate surface area is 188 Å². The first-order chi connectivity index (χ1) is 15.1. The van der Waals surface area contributed by atoms with Crippen LogP contribution in [-0.2, 0) is 6.54 Å². The highest BCUT2D eigenvalue weighted by Gasteiger charge is 2.46. The third-order valence-electron chi connectivity index (χ3n) is 6.68. The summed E-state index contributed by atoms with van der Waals surface area (Å²) in [5, 5.41) is 3.66. The molecule has 3 aliphatic rings. The molecule has 1 amide bonds. The molecule has 3 heterocycles. The zero-order chi connectivity index (χ0) is 21.3. The SMILES string of the molecule is Cc1nc(C(=O)NCc2cc(NSC3CC3)ccn2)cnc1N1CCC12CCCCC2. The van der Waals surface area contributed by atoms with Gasteiger partial charge in [-0.3, -0.25) is 9.78 Å². The van der Waals surface area contributed by atoms with Gasteiger partial charge in [-0.1, -0.05) is 19.3 Å². The third kappa shape index (κ3) is 4.49. The van der Waals surface area contributed by atoms with Gasteiger partial charge in [0.2, 0.25) is 0 Å². The molecular weight excluding hydrogens is 408 g/mol. The minimum Gasteiger partial charge on any atom is -0.349 e. The zero-order valence-electron chi connectivity index (χ0n) is 18.1. The van der Waals surface area contributed by atoms with Crippen LogP contribution >= 0.6 is 11.9 Å². The second-order valence-corrected chi connectivity index (χ2v) is 10.1. The molecular formula is C23H30N6OS. The maximum absolute atomic E-state index is 12.7. The Hall–Kier alpha value is -2.35. The topological polar surface area (TPSA) is 83.0 Å². The second-order valence-electron chi connectivity index (χ2n) is 8.99. The maximum atomic E-state index is 12.7. The summed E-state index contributed by atoms with van der Waals surface area (Å²) in [5.41, 5.74) is 3.30. The van der Waals surface area contributed by atoms with Gasteiger partial charge in [-0.15, -0.1) is 0 Å². The van der Waals surface area contributed by atoms with Crippen LogP contribution in [-0.4, -0.2) is 38.2 Å². The molecule has 0 atom stereocenters. The molecule has 164 valence electrons. The first-order valence-electron chi connectivity index (χ1n) is 11.4. The van der Waals surface area contributed by atoms with E-state index in [1.807, 2.05) is 19.1 Å². The summed E-state index contributed by atoms with van der Waals surface area (Å²) >= 11 is 1.76. The molecule has 5 rings (SSSR count). The number of carbonyl (C=O) groups excluding carboxylic acids is 1. The van der Waals surface area contributed by atoms with Gasteiger partial charge in [0.15, 0.2) is 5.82 Å². The van der Waals surface area contributed by atoms with E-state index in [0.717, 1.165) is 34.7 Å². The fourth-order valence-electron chi connectivity index (χ4n) is 4.69. The number of hydrogen-bond donors (Lipinski definition) is 2. The van der Waals surface area contributed by atoms with Crippen LogP contribution in [0.2, 0.25) is 0 Å². The number of nitrogens with zero attached hydrogens (tertiary/aromatic N) is 4. The number of rotatable bonds is 7. The van der Waals surface area contributed by atoms with Gasteiger partial charge >= 0.3 is 0 Å². The van der Waals surface area contributed by atoms with Crippen LogP contribution in [0, 0.1) is 6.92 Å². The van der Waals surface area contributed by atoms with Crippen LogP contribution in [0.5, 0.6) is 0 Å². The number of aryl methyl sites for hydroxylation is 1. The normalized spacial score (nSPS) is 19.7. The van der Waals surface area contributed by atoms with Crippen molar-refractivity contribution >= 4 is 29.4 Å². The van der Waals surface area contributed by atoms with Crippen molar-refractivity contribution in [2.75, 3.05) is 16.2 Å². The van der Waals surface area contributed by atoms with Gasteiger partial charge in [0, 0.05) is 29.2 Å². The Morgan fingerprint density at radius 2 is 2.06 bits per heavy atom. The lowest BCUT2D eigenvalue weighted by Gasteiger charge is -2.56. The minimum absolute atomic E-state index is 0.217. The largest absolute Gasteiger partial charge is 0.349 e. The summed E-state index contributed by atoms with van der Waals surface area (Å²) in [7, 11) is 0. The van der Waals surface area contributed by atoms with Crippen molar-refractivity contribution < 1.29 is 4.79 Å². The molecule has 2 aliphatic carbocycles. The van der Waals surface area contributed by atoms with E-state index in [9.17, 15) is 4.79 Å². The number of aromatic nitrogens is 3. The van der Waals surface area contributed by atoms with Crippen LogP contribution in [0.25, 0.3) is 0 Å². The van der Waals surface area contributed by atoms with Crippen molar-refractivity contribution in [1.82, 2.24) is 20.3 Å².